The molecular formula is C14H25NO. The van der Waals surface area contributed by atoms with Crippen molar-refractivity contribution in [1.82, 2.24) is 4.90 Å². The van der Waals surface area contributed by atoms with Crippen molar-refractivity contribution >= 4 is 5.78 Å². The predicted octanol–water partition coefficient (Wildman–Crippen LogP) is 2.58. The third kappa shape index (κ3) is 1.38. The van der Waals surface area contributed by atoms with Gasteiger partial charge in [-0.2, -0.15) is 0 Å². The highest BCUT2D eigenvalue weighted by molar-refractivity contribution is 5.91. The van der Waals surface area contributed by atoms with Crippen LogP contribution in [0.15, 0.2) is 0 Å². The SMILES string of the molecule is CN(C)CCC1C(=O)[C@]2(C)CC[C@H]1C2(C)C. The second-order valence-electron chi connectivity index (χ2n) is 6.76. The summed E-state index contributed by atoms with van der Waals surface area (Å²) in [5.41, 5.74) is 0.190. The van der Waals surface area contributed by atoms with Crippen LogP contribution < -0.4 is 0 Å². The Labute approximate surface area is 99.4 Å². The van der Waals surface area contributed by atoms with E-state index in [4.69, 9.17) is 0 Å². The quantitative estimate of drug-likeness (QED) is 0.733. The summed E-state index contributed by atoms with van der Waals surface area (Å²) in [5, 5.41) is 0. The lowest BCUT2D eigenvalue weighted by atomic mass is 9.70. The van der Waals surface area contributed by atoms with Gasteiger partial charge < -0.3 is 4.90 Å². The Balaban J connectivity index is 2.17. The first-order chi connectivity index (χ1) is 7.30. The molecule has 2 aliphatic carbocycles. The van der Waals surface area contributed by atoms with E-state index in [-0.39, 0.29) is 10.8 Å². The fourth-order valence-electron chi connectivity index (χ4n) is 4.00. The van der Waals surface area contributed by atoms with Crippen LogP contribution in [0.3, 0.4) is 0 Å². The predicted molar refractivity (Wildman–Crippen MR) is 66.3 cm³/mol. The molecule has 0 radical (unpaired) electrons. The van der Waals surface area contributed by atoms with Crippen molar-refractivity contribution in [1.29, 1.82) is 0 Å². The van der Waals surface area contributed by atoms with Crippen molar-refractivity contribution in [3.63, 3.8) is 0 Å². The lowest BCUT2D eigenvalue weighted by Crippen LogP contribution is -2.34. The van der Waals surface area contributed by atoms with Gasteiger partial charge in [0.05, 0.1) is 0 Å². The van der Waals surface area contributed by atoms with E-state index in [1.165, 1.54) is 6.42 Å². The van der Waals surface area contributed by atoms with Gasteiger partial charge in [0, 0.05) is 11.3 Å². The smallest absolute Gasteiger partial charge is 0.142 e. The van der Waals surface area contributed by atoms with Crippen LogP contribution in [0, 0.1) is 22.7 Å². The van der Waals surface area contributed by atoms with Crippen LogP contribution in [-0.4, -0.2) is 31.3 Å². The van der Waals surface area contributed by atoms with E-state index >= 15 is 0 Å². The number of ketones is 1. The topological polar surface area (TPSA) is 20.3 Å². The summed E-state index contributed by atoms with van der Waals surface area (Å²) in [6.07, 6.45) is 3.42. The van der Waals surface area contributed by atoms with Crippen LogP contribution in [-0.2, 0) is 4.79 Å². The van der Waals surface area contributed by atoms with E-state index < -0.39 is 0 Å². The zero-order valence-electron chi connectivity index (χ0n) is 11.3. The molecule has 92 valence electrons. The van der Waals surface area contributed by atoms with Gasteiger partial charge in [-0.05, 0) is 51.2 Å². The standard InChI is InChI=1S/C14H25NO/c1-13(2)11-6-8-14(13,3)12(16)10(11)7-9-15(4)5/h10-11H,6-9H2,1-5H3/t10?,11-,14+/m1/s1. The lowest BCUT2D eigenvalue weighted by molar-refractivity contribution is -0.131. The first kappa shape index (κ1) is 12.1. The number of rotatable bonds is 3. The van der Waals surface area contributed by atoms with Crippen LogP contribution in [0.5, 0.6) is 0 Å². The van der Waals surface area contributed by atoms with Crippen molar-refractivity contribution < 1.29 is 4.79 Å². The average molecular weight is 223 g/mol. The lowest BCUT2D eigenvalue weighted by Gasteiger charge is -2.32. The van der Waals surface area contributed by atoms with E-state index in [0.29, 0.717) is 17.6 Å². The van der Waals surface area contributed by atoms with E-state index in [1.807, 2.05) is 0 Å². The molecule has 0 spiro atoms. The maximum absolute atomic E-state index is 12.5. The summed E-state index contributed by atoms with van der Waals surface area (Å²) < 4.78 is 0. The molecule has 2 aliphatic rings. The molecule has 16 heavy (non-hydrogen) atoms. The highest BCUT2D eigenvalue weighted by Crippen LogP contribution is 2.66. The Morgan fingerprint density at radius 3 is 2.38 bits per heavy atom. The second kappa shape index (κ2) is 3.56. The zero-order valence-corrected chi connectivity index (χ0v) is 11.3. The molecule has 0 heterocycles. The number of carbonyl (C=O) groups is 1. The van der Waals surface area contributed by atoms with E-state index in [2.05, 4.69) is 39.8 Å². The maximum Gasteiger partial charge on any atom is 0.142 e. The molecule has 1 unspecified atom stereocenters. The van der Waals surface area contributed by atoms with Gasteiger partial charge >= 0.3 is 0 Å². The van der Waals surface area contributed by atoms with Gasteiger partial charge in [-0.25, -0.2) is 0 Å². The molecule has 0 amide bonds. The molecule has 0 aliphatic heterocycles. The van der Waals surface area contributed by atoms with Crippen molar-refractivity contribution in [2.75, 3.05) is 20.6 Å². The molecule has 2 heteroatoms. The molecule has 2 bridgehead atoms. The Bertz CT molecular complexity index is 308. The first-order valence-corrected chi connectivity index (χ1v) is 6.50. The number of hydrogen-bond donors (Lipinski definition) is 0. The summed E-state index contributed by atoms with van der Waals surface area (Å²) >= 11 is 0. The molecule has 0 saturated heterocycles. The monoisotopic (exact) mass is 223 g/mol. The fraction of sp³-hybridized carbons (Fsp3) is 0.929. The fourth-order valence-corrected chi connectivity index (χ4v) is 4.00. The number of hydrogen-bond acceptors (Lipinski definition) is 2. The first-order valence-electron chi connectivity index (χ1n) is 6.50. The van der Waals surface area contributed by atoms with Gasteiger partial charge in [-0.3, -0.25) is 4.79 Å². The molecule has 2 saturated carbocycles. The van der Waals surface area contributed by atoms with Crippen LogP contribution in [0.2, 0.25) is 0 Å². The van der Waals surface area contributed by atoms with Crippen molar-refractivity contribution in [2.24, 2.45) is 22.7 Å². The highest BCUT2D eigenvalue weighted by atomic mass is 16.1. The van der Waals surface area contributed by atoms with E-state index in [0.717, 1.165) is 19.4 Å². The van der Waals surface area contributed by atoms with Gasteiger partial charge in [0.2, 0.25) is 0 Å². The summed E-state index contributed by atoms with van der Waals surface area (Å²) in [6, 6.07) is 0. The highest BCUT2D eigenvalue weighted by Gasteiger charge is 2.65. The molecule has 0 aromatic carbocycles. The van der Waals surface area contributed by atoms with Gasteiger partial charge in [0.25, 0.3) is 0 Å². The maximum atomic E-state index is 12.5. The molecular weight excluding hydrogens is 198 g/mol. The summed E-state index contributed by atoms with van der Waals surface area (Å²) in [4.78, 5) is 14.7. The normalized spacial score (nSPS) is 41.0. The Kier molecular flexibility index (Phi) is 2.69. The summed E-state index contributed by atoms with van der Waals surface area (Å²) in [7, 11) is 4.18. The minimum absolute atomic E-state index is 0.0331. The zero-order chi connectivity index (χ0) is 12.1. The van der Waals surface area contributed by atoms with Gasteiger partial charge in [0.15, 0.2) is 0 Å². The third-order valence-electron chi connectivity index (χ3n) is 5.56. The Morgan fingerprint density at radius 1 is 1.31 bits per heavy atom. The molecule has 2 fully saturated rings. The van der Waals surface area contributed by atoms with E-state index in [9.17, 15) is 4.79 Å². The van der Waals surface area contributed by atoms with Gasteiger partial charge in [-0.1, -0.05) is 20.8 Å². The molecule has 0 aromatic heterocycles. The molecule has 0 aromatic rings. The van der Waals surface area contributed by atoms with E-state index in [1.54, 1.807) is 0 Å². The number of carbonyl (C=O) groups excluding carboxylic acids is 1. The number of nitrogens with zero attached hydrogens (tertiary/aromatic N) is 1. The minimum Gasteiger partial charge on any atom is -0.309 e. The van der Waals surface area contributed by atoms with Crippen molar-refractivity contribution in [3.8, 4) is 0 Å². The molecule has 2 rings (SSSR count). The largest absolute Gasteiger partial charge is 0.309 e. The van der Waals surface area contributed by atoms with Crippen molar-refractivity contribution in [3.05, 3.63) is 0 Å². The van der Waals surface area contributed by atoms with Crippen LogP contribution in [0.4, 0.5) is 0 Å². The van der Waals surface area contributed by atoms with Crippen LogP contribution in [0.1, 0.15) is 40.0 Å². The third-order valence-corrected chi connectivity index (χ3v) is 5.56. The minimum atomic E-state index is -0.0331. The average Bonchev–Trinajstić information content (AvgIpc) is 2.47. The summed E-state index contributed by atoms with van der Waals surface area (Å²) in [5.74, 6) is 1.51. The van der Waals surface area contributed by atoms with Crippen LogP contribution in [0.25, 0.3) is 0 Å². The summed E-state index contributed by atoms with van der Waals surface area (Å²) in [6.45, 7) is 7.85. The van der Waals surface area contributed by atoms with Gasteiger partial charge in [-0.15, -0.1) is 0 Å². The Morgan fingerprint density at radius 2 is 1.94 bits per heavy atom. The molecule has 2 nitrogen and oxygen atoms in total. The van der Waals surface area contributed by atoms with Gasteiger partial charge in [0.1, 0.15) is 5.78 Å². The van der Waals surface area contributed by atoms with Crippen molar-refractivity contribution in [2.45, 2.75) is 40.0 Å². The molecule has 3 atom stereocenters. The van der Waals surface area contributed by atoms with Crippen LogP contribution >= 0.6 is 0 Å². The second-order valence-corrected chi connectivity index (χ2v) is 6.76. The Hall–Kier alpha value is -0.370. The number of Topliss-reactive ketones (excluding diaryl/α,β-unsaturated/α-hetero) is 1. The molecule has 0 N–H and O–H groups in total. The number of fused-ring (bicyclic) bond motifs is 2.